The zero-order valence-corrected chi connectivity index (χ0v) is 16.7. The van der Waals surface area contributed by atoms with Gasteiger partial charge >= 0.3 is 0 Å². The number of nitrogens with zero attached hydrogens (tertiary/aromatic N) is 7. The molecular formula is C21H23N9. The molecule has 1 aliphatic heterocycles. The van der Waals surface area contributed by atoms with Gasteiger partial charge in [0.05, 0.1) is 11.4 Å². The van der Waals surface area contributed by atoms with E-state index in [-0.39, 0.29) is 0 Å². The second kappa shape index (κ2) is 7.58. The van der Waals surface area contributed by atoms with Crippen LogP contribution in [0.1, 0.15) is 12.8 Å². The van der Waals surface area contributed by atoms with E-state index < -0.39 is 0 Å². The van der Waals surface area contributed by atoms with E-state index in [1.807, 2.05) is 48.0 Å². The van der Waals surface area contributed by atoms with E-state index >= 15 is 0 Å². The molecule has 4 heterocycles. The van der Waals surface area contributed by atoms with Gasteiger partial charge in [-0.25, -0.2) is 15.0 Å². The quantitative estimate of drug-likeness (QED) is 0.502. The van der Waals surface area contributed by atoms with Crippen molar-refractivity contribution in [3.8, 4) is 11.5 Å². The lowest BCUT2D eigenvalue weighted by Crippen LogP contribution is -2.39. The molecule has 9 heteroatoms. The van der Waals surface area contributed by atoms with Gasteiger partial charge in [0, 0.05) is 32.4 Å². The molecule has 1 fully saturated rings. The SMILES string of the molecule is Cn1c(-c2cccnn2)nc2c(N3CCC(Nc4ccccc4N)CC3)ncnc21. The van der Waals surface area contributed by atoms with Crippen LogP contribution in [-0.2, 0) is 7.05 Å². The number of nitrogen functional groups attached to an aromatic ring is 1. The number of hydrogen-bond acceptors (Lipinski definition) is 8. The Kier molecular flexibility index (Phi) is 4.62. The highest BCUT2D eigenvalue weighted by Crippen LogP contribution is 2.29. The summed E-state index contributed by atoms with van der Waals surface area (Å²) in [5.41, 5.74) is 10.1. The number of nitrogens with one attached hydrogen (secondary N) is 1. The van der Waals surface area contributed by atoms with Crippen molar-refractivity contribution in [1.82, 2.24) is 29.7 Å². The number of nitrogens with two attached hydrogens (primary N) is 1. The van der Waals surface area contributed by atoms with Crippen LogP contribution >= 0.6 is 0 Å². The monoisotopic (exact) mass is 401 g/mol. The summed E-state index contributed by atoms with van der Waals surface area (Å²) >= 11 is 0. The Labute approximate surface area is 174 Å². The maximum atomic E-state index is 6.07. The first-order valence-electron chi connectivity index (χ1n) is 10.0. The van der Waals surface area contributed by atoms with Crippen LogP contribution in [0.4, 0.5) is 17.2 Å². The topological polar surface area (TPSA) is 111 Å². The lowest BCUT2D eigenvalue weighted by atomic mass is 10.0. The van der Waals surface area contributed by atoms with Gasteiger partial charge in [-0.1, -0.05) is 12.1 Å². The number of para-hydroxylation sites is 2. The fourth-order valence-corrected chi connectivity index (χ4v) is 3.95. The molecule has 0 unspecified atom stereocenters. The van der Waals surface area contributed by atoms with E-state index in [2.05, 4.69) is 30.4 Å². The third kappa shape index (κ3) is 3.28. The van der Waals surface area contributed by atoms with Gasteiger partial charge in [-0.05, 0) is 37.1 Å². The molecule has 152 valence electrons. The summed E-state index contributed by atoms with van der Waals surface area (Å²) in [7, 11) is 1.94. The van der Waals surface area contributed by atoms with Crippen molar-refractivity contribution in [1.29, 1.82) is 0 Å². The Morgan fingerprint density at radius 1 is 1.07 bits per heavy atom. The van der Waals surface area contributed by atoms with E-state index in [9.17, 15) is 0 Å². The Hall–Kier alpha value is -3.75. The van der Waals surface area contributed by atoms with Gasteiger partial charge in [0.2, 0.25) is 0 Å². The van der Waals surface area contributed by atoms with Gasteiger partial charge in [-0.2, -0.15) is 5.10 Å². The Morgan fingerprint density at radius 2 is 1.90 bits per heavy atom. The lowest BCUT2D eigenvalue weighted by Gasteiger charge is -2.33. The number of fused-ring (bicyclic) bond motifs is 1. The van der Waals surface area contributed by atoms with Crippen LogP contribution in [0.25, 0.3) is 22.7 Å². The molecule has 0 bridgehead atoms. The van der Waals surface area contributed by atoms with Crippen molar-refractivity contribution >= 4 is 28.4 Å². The first-order chi connectivity index (χ1) is 14.7. The van der Waals surface area contributed by atoms with Gasteiger partial charge in [0.25, 0.3) is 0 Å². The van der Waals surface area contributed by atoms with Crippen LogP contribution < -0.4 is 16.0 Å². The Morgan fingerprint density at radius 3 is 2.67 bits per heavy atom. The number of benzene rings is 1. The number of anilines is 3. The molecule has 1 saturated heterocycles. The van der Waals surface area contributed by atoms with Gasteiger partial charge in [0.1, 0.15) is 12.0 Å². The Bertz CT molecular complexity index is 1160. The zero-order chi connectivity index (χ0) is 20.5. The lowest BCUT2D eigenvalue weighted by molar-refractivity contribution is 0.524. The maximum absolute atomic E-state index is 6.07. The molecule has 9 nitrogen and oxygen atoms in total. The first-order valence-corrected chi connectivity index (χ1v) is 10.0. The third-order valence-corrected chi connectivity index (χ3v) is 5.55. The molecule has 0 aliphatic carbocycles. The minimum atomic E-state index is 0.377. The number of aromatic nitrogens is 6. The standard InChI is InChI=1S/C21H23N9/c1-29-19(17-7-4-10-25-28-17)27-18-20(29)23-13-24-21(18)30-11-8-14(9-12-30)26-16-6-3-2-5-15(16)22/h2-7,10,13-14,26H,8-9,11-12,22H2,1H3. The fourth-order valence-electron chi connectivity index (χ4n) is 3.95. The molecule has 3 aromatic heterocycles. The first kappa shape index (κ1) is 18.3. The molecule has 30 heavy (non-hydrogen) atoms. The second-order valence-corrected chi connectivity index (χ2v) is 7.47. The number of piperidine rings is 1. The van der Waals surface area contributed by atoms with Gasteiger partial charge in [-0.3, -0.25) is 0 Å². The molecule has 3 N–H and O–H groups in total. The summed E-state index contributed by atoms with van der Waals surface area (Å²) in [4.78, 5) is 16.1. The fraction of sp³-hybridized carbons (Fsp3) is 0.286. The summed E-state index contributed by atoms with van der Waals surface area (Å²) in [5, 5.41) is 11.7. The molecule has 0 radical (unpaired) electrons. The van der Waals surface area contributed by atoms with E-state index in [0.29, 0.717) is 11.7 Å². The van der Waals surface area contributed by atoms with Crippen molar-refractivity contribution in [2.75, 3.05) is 29.0 Å². The zero-order valence-electron chi connectivity index (χ0n) is 16.7. The summed E-state index contributed by atoms with van der Waals surface area (Å²) in [5.74, 6) is 1.60. The summed E-state index contributed by atoms with van der Waals surface area (Å²) < 4.78 is 1.94. The minimum Gasteiger partial charge on any atom is -0.397 e. The van der Waals surface area contributed by atoms with E-state index in [4.69, 9.17) is 10.7 Å². The van der Waals surface area contributed by atoms with Crippen LogP contribution in [0.3, 0.4) is 0 Å². The summed E-state index contributed by atoms with van der Waals surface area (Å²) in [6, 6.07) is 12.0. The molecule has 5 rings (SSSR count). The van der Waals surface area contributed by atoms with Crippen molar-refractivity contribution in [3.05, 3.63) is 48.9 Å². The largest absolute Gasteiger partial charge is 0.397 e. The van der Waals surface area contributed by atoms with Crippen LogP contribution in [0.15, 0.2) is 48.9 Å². The van der Waals surface area contributed by atoms with Gasteiger partial charge in [0.15, 0.2) is 22.8 Å². The molecule has 0 saturated carbocycles. The number of hydrogen-bond donors (Lipinski definition) is 2. The van der Waals surface area contributed by atoms with Crippen molar-refractivity contribution in [3.63, 3.8) is 0 Å². The second-order valence-electron chi connectivity index (χ2n) is 7.47. The molecule has 0 atom stereocenters. The normalized spacial score (nSPS) is 14.9. The van der Waals surface area contributed by atoms with Crippen molar-refractivity contribution < 1.29 is 0 Å². The van der Waals surface area contributed by atoms with Crippen molar-refractivity contribution in [2.24, 2.45) is 7.05 Å². The molecule has 4 aromatic rings. The predicted molar refractivity (Wildman–Crippen MR) is 117 cm³/mol. The summed E-state index contributed by atoms with van der Waals surface area (Å²) in [6.07, 6.45) is 5.24. The molecule has 1 aromatic carbocycles. The molecule has 0 amide bonds. The summed E-state index contributed by atoms with van der Waals surface area (Å²) in [6.45, 7) is 1.77. The minimum absolute atomic E-state index is 0.377. The van der Waals surface area contributed by atoms with Crippen LogP contribution in [-0.4, -0.2) is 48.8 Å². The van der Waals surface area contributed by atoms with E-state index in [1.165, 1.54) is 0 Å². The average molecular weight is 401 g/mol. The van der Waals surface area contributed by atoms with Crippen LogP contribution in [0.5, 0.6) is 0 Å². The highest BCUT2D eigenvalue weighted by Gasteiger charge is 2.24. The van der Waals surface area contributed by atoms with Crippen LogP contribution in [0.2, 0.25) is 0 Å². The molecule has 1 aliphatic rings. The highest BCUT2D eigenvalue weighted by molar-refractivity contribution is 5.86. The predicted octanol–water partition coefficient (Wildman–Crippen LogP) is 2.48. The number of aryl methyl sites for hydroxylation is 1. The molecule has 0 spiro atoms. The van der Waals surface area contributed by atoms with E-state index in [1.54, 1.807) is 12.5 Å². The molecular weight excluding hydrogens is 378 g/mol. The average Bonchev–Trinajstić information content (AvgIpc) is 3.13. The van der Waals surface area contributed by atoms with Gasteiger partial charge in [-0.15, -0.1) is 5.10 Å². The van der Waals surface area contributed by atoms with E-state index in [0.717, 1.165) is 60.1 Å². The highest BCUT2D eigenvalue weighted by atomic mass is 15.2. The number of imidazole rings is 1. The van der Waals surface area contributed by atoms with Gasteiger partial charge < -0.3 is 20.5 Å². The van der Waals surface area contributed by atoms with Crippen LogP contribution in [0, 0.1) is 0 Å². The van der Waals surface area contributed by atoms with Crippen molar-refractivity contribution in [2.45, 2.75) is 18.9 Å². The third-order valence-electron chi connectivity index (χ3n) is 5.55. The Balaban J connectivity index is 1.38. The maximum Gasteiger partial charge on any atom is 0.165 e. The number of rotatable bonds is 4. The smallest absolute Gasteiger partial charge is 0.165 e.